The van der Waals surface area contributed by atoms with Crippen LogP contribution in [0.15, 0.2) is 21.4 Å². The minimum atomic E-state index is -0.0282. The maximum Gasteiger partial charge on any atom is 0.248 e. The predicted octanol–water partition coefficient (Wildman–Crippen LogP) is 4.39. The lowest BCUT2D eigenvalue weighted by Gasteiger charge is -2.12. The molecule has 2 rings (SSSR count). The summed E-state index contributed by atoms with van der Waals surface area (Å²) in [6.45, 7) is 12.7. The number of hydrogen-bond acceptors (Lipinski definition) is 4. The van der Waals surface area contributed by atoms with Crippen molar-refractivity contribution in [2.24, 2.45) is 5.92 Å². The van der Waals surface area contributed by atoms with Gasteiger partial charge < -0.3 is 8.83 Å². The molecule has 1 unspecified atom stereocenters. The van der Waals surface area contributed by atoms with Crippen molar-refractivity contribution in [1.29, 1.82) is 0 Å². The maximum atomic E-state index is 5.53. The zero-order chi connectivity index (χ0) is 14.2. The molecule has 0 fully saturated rings. The number of aromatic nitrogens is 2. The van der Waals surface area contributed by atoms with Gasteiger partial charge in [0, 0.05) is 11.3 Å². The molecule has 2 aromatic rings. The molecule has 0 saturated heterocycles. The third kappa shape index (κ3) is 2.88. The average Bonchev–Trinajstić information content (AvgIpc) is 2.95. The van der Waals surface area contributed by atoms with Gasteiger partial charge in [-0.3, -0.25) is 0 Å². The molecule has 0 aliphatic carbocycles. The molecule has 0 bridgehead atoms. The molecule has 2 aromatic heterocycles. The first-order valence-corrected chi connectivity index (χ1v) is 6.71. The van der Waals surface area contributed by atoms with Crippen molar-refractivity contribution in [3.8, 4) is 11.6 Å². The highest BCUT2D eigenvalue weighted by molar-refractivity contribution is 5.45. The van der Waals surface area contributed by atoms with Crippen molar-refractivity contribution in [2.45, 2.75) is 52.9 Å². The SMILES string of the molecule is CC(C)C(C)c1nc(-c2nc(C(C)(C)C)co2)co1. The highest BCUT2D eigenvalue weighted by Gasteiger charge is 2.22. The van der Waals surface area contributed by atoms with Gasteiger partial charge in [-0.1, -0.05) is 41.5 Å². The molecule has 0 aliphatic heterocycles. The molecule has 19 heavy (non-hydrogen) atoms. The number of rotatable bonds is 3. The number of nitrogens with zero attached hydrogens (tertiary/aromatic N) is 2. The minimum absolute atomic E-state index is 0.0282. The van der Waals surface area contributed by atoms with Gasteiger partial charge in [-0.05, 0) is 5.92 Å². The smallest absolute Gasteiger partial charge is 0.248 e. The van der Waals surface area contributed by atoms with Crippen molar-refractivity contribution < 1.29 is 8.83 Å². The van der Waals surface area contributed by atoms with Gasteiger partial charge in [0.05, 0.1) is 5.69 Å². The summed E-state index contributed by atoms with van der Waals surface area (Å²) < 4.78 is 11.0. The first-order valence-electron chi connectivity index (χ1n) is 6.71. The highest BCUT2D eigenvalue weighted by Crippen LogP contribution is 2.28. The minimum Gasteiger partial charge on any atom is -0.448 e. The van der Waals surface area contributed by atoms with E-state index in [4.69, 9.17) is 8.83 Å². The predicted molar refractivity (Wildman–Crippen MR) is 74.0 cm³/mol. The molecule has 4 nitrogen and oxygen atoms in total. The molecule has 0 radical (unpaired) electrons. The maximum absolute atomic E-state index is 5.53. The van der Waals surface area contributed by atoms with E-state index in [0.29, 0.717) is 17.5 Å². The summed E-state index contributed by atoms with van der Waals surface area (Å²) in [6, 6.07) is 0. The molecule has 0 aromatic carbocycles. The van der Waals surface area contributed by atoms with E-state index in [9.17, 15) is 0 Å². The normalized spacial score (nSPS) is 14.1. The van der Waals surface area contributed by atoms with E-state index in [1.54, 1.807) is 12.5 Å². The Kier molecular flexibility index (Phi) is 3.52. The fraction of sp³-hybridized carbons (Fsp3) is 0.600. The molecule has 0 spiro atoms. The lowest BCUT2D eigenvalue weighted by Crippen LogP contribution is -2.11. The summed E-state index contributed by atoms with van der Waals surface area (Å²) in [5, 5.41) is 0. The Bertz CT molecular complexity index is 546. The number of hydrogen-bond donors (Lipinski definition) is 0. The highest BCUT2D eigenvalue weighted by atomic mass is 16.4. The summed E-state index contributed by atoms with van der Waals surface area (Å²) in [7, 11) is 0. The lowest BCUT2D eigenvalue weighted by molar-refractivity contribution is 0.400. The molecular weight excluding hydrogens is 240 g/mol. The van der Waals surface area contributed by atoms with E-state index in [2.05, 4.69) is 51.5 Å². The van der Waals surface area contributed by atoms with Gasteiger partial charge >= 0.3 is 0 Å². The second kappa shape index (κ2) is 4.83. The van der Waals surface area contributed by atoms with E-state index < -0.39 is 0 Å². The van der Waals surface area contributed by atoms with Gasteiger partial charge in [0.15, 0.2) is 11.6 Å². The Morgan fingerprint density at radius 3 is 2.21 bits per heavy atom. The largest absolute Gasteiger partial charge is 0.448 e. The summed E-state index contributed by atoms with van der Waals surface area (Å²) in [4.78, 5) is 8.95. The van der Waals surface area contributed by atoms with Crippen molar-refractivity contribution in [2.75, 3.05) is 0 Å². The average molecular weight is 262 g/mol. The Balaban J connectivity index is 2.26. The molecule has 1 atom stereocenters. The standard InChI is InChI=1S/C15H22N2O2/c1-9(2)10(3)13-16-11(7-18-13)14-17-12(8-19-14)15(4,5)6/h7-10H,1-6H3. The van der Waals surface area contributed by atoms with Crippen LogP contribution in [0.4, 0.5) is 0 Å². The topological polar surface area (TPSA) is 52.1 Å². The van der Waals surface area contributed by atoms with Gasteiger partial charge in [0.2, 0.25) is 5.89 Å². The summed E-state index contributed by atoms with van der Waals surface area (Å²) in [6.07, 6.45) is 3.31. The molecule has 0 amide bonds. The van der Waals surface area contributed by atoms with Gasteiger partial charge in [-0.15, -0.1) is 0 Å². The lowest BCUT2D eigenvalue weighted by atomic mass is 9.93. The summed E-state index contributed by atoms with van der Waals surface area (Å²) in [5.41, 5.74) is 1.56. The van der Waals surface area contributed by atoms with Crippen molar-refractivity contribution in [3.63, 3.8) is 0 Å². The van der Waals surface area contributed by atoms with Crippen LogP contribution in [-0.4, -0.2) is 9.97 Å². The van der Waals surface area contributed by atoms with Crippen LogP contribution >= 0.6 is 0 Å². The first-order chi connectivity index (χ1) is 8.79. The van der Waals surface area contributed by atoms with Crippen LogP contribution in [0.2, 0.25) is 0 Å². The number of oxazole rings is 2. The van der Waals surface area contributed by atoms with Crippen molar-refractivity contribution >= 4 is 0 Å². The second-order valence-electron chi connectivity index (χ2n) is 6.39. The van der Waals surface area contributed by atoms with E-state index >= 15 is 0 Å². The monoisotopic (exact) mass is 262 g/mol. The van der Waals surface area contributed by atoms with E-state index in [-0.39, 0.29) is 11.3 Å². The molecular formula is C15H22N2O2. The Morgan fingerprint density at radius 1 is 1.00 bits per heavy atom. The molecule has 0 N–H and O–H groups in total. The first kappa shape index (κ1) is 13.8. The fourth-order valence-electron chi connectivity index (χ4n) is 1.62. The van der Waals surface area contributed by atoms with E-state index in [1.165, 1.54) is 0 Å². The molecule has 4 heteroatoms. The second-order valence-corrected chi connectivity index (χ2v) is 6.39. The Hall–Kier alpha value is -1.58. The van der Waals surface area contributed by atoms with Crippen LogP contribution in [0.25, 0.3) is 11.6 Å². The van der Waals surface area contributed by atoms with Crippen LogP contribution < -0.4 is 0 Å². The molecule has 0 saturated carbocycles. The van der Waals surface area contributed by atoms with Gasteiger partial charge in [-0.2, -0.15) is 0 Å². The third-order valence-corrected chi connectivity index (χ3v) is 3.40. The Morgan fingerprint density at radius 2 is 1.68 bits per heavy atom. The zero-order valence-corrected chi connectivity index (χ0v) is 12.5. The van der Waals surface area contributed by atoms with Crippen LogP contribution in [0.1, 0.15) is 59.0 Å². The van der Waals surface area contributed by atoms with Crippen molar-refractivity contribution in [1.82, 2.24) is 9.97 Å². The van der Waals surface area contributed by atoms with E-state index in [1.807, 2.05) is 0 Å². The van der Waals surface area contributed by atoms with Gasteiger partial charge in [-0.25, -0.2) is 9.97 Å². The van der Waals surface area contributed by atoms with Crippen LogP contribution in [0.3, 0.4) is 0 Å². The molecule has 0 aliphatic rings. The zero-order valence-electron chi connectivity index (χ0n) is 12.5. The van der Waals surface area contributed by atoms with Crippen LogP contribution in [0, 0.1) is 5.92 Å². The van der Waals surface area contributed by atoms with Crippen LogP contribution in [0.5, 0.6) is 0 Å². The third-order valence-electron chi connectivity index (χ3n) is 3.40. The summed E-state index contributed by atoms with van der Waals surface area (Å²) in [5.74, 6) is 2.03. The van der Waals surface area contributed by atoms with E-state index in [0.717, 1.165) is 11.6 Å². The summed E-state index contributed by atoms with van der Waals surface area (Å²) >= 11 is 0. The van der Waals surface area contributed by atoms with Crippen LogP contribution in [-0.2, 0) is 5.41 Å². The van der Waals surface area contributed by atoms with Gasteiger partial charge in [0.25, 0.3) is 0 Å². The molecule has 104 valence electrons. The Labute approximate surface area is 114 Å². The fourth-order valence-corrected chi connectivity index (χ4v) is 1.62. The van der Waals surface area contributed by atoms with Crippen molar-refractivity contribution in [3.05, 3.63) is 24.1 Å². The quantitative estimate of drug-likeness (QED) is 0.823. The van der Waals surface area contributed by atoms with Gasteiger partial charge in [0.1, 0.15) is 12.5 Å². The molecule has 2 heterocycles.